The van der Waals surface area contributed by atoms with Gasteiger partial charge in [-0.1, -0.05) is 61.7 Å². The molecule has 29 heavy (non-hydrogen) atoms. The van der Waals surface area contributed by atoms with Crippen molar-refractivity contribution in [2.24, 2.45) is 5.92 Å². The number of hydrogen-bond acceptors (Lipinski definition) is 2. The number of benzene rings is 2. The fourth-order valence-corrected chi connectivity index (χ4v) is 5.54. The van der Waals surface area contributed by atoms with Gasteiger partial charge in [0.1, 0.15) is 0 Å². The van der Waals surface area contributed by atoms with Crippen LogP contribution in [0.15, 0.2) is 61.1 Å². The van der Waals surface area contributed by atoms with Crippen molar-refractivity contribution < 1.29 is 9.90 Å². The lowest BCUT2D eigenvalue weighted by Gasteiger charge is -2.33. The topological polar surface area (TPSA) is 55.1 Å². The molecular weight excluding hydrogens is 360 g/mol. The maximum atomic E-state index is 12.0. The molecule has 0 radical (unpaired) electrons. The predicted octanol–water partition coefficient (Wildman–Crippen LogP) is 5.91. The first-order valence-electron chi connectivity index (χ1n) is 10.7. The lowest BCUT2D eigenvalue weighted by molar-refractivity contribution is 0.0694. The van der Waals surface area contributed by atoms with Crippen LogP contribution in [0, 0.1) is 5.92 Å². The Bertz CT molecular complexity index is 1030. The van der Waals surface area contributed by atoms with Crippen LogP contribution in [0.25, 0.3) is 11.3 Å². The summed E-state index contributed by atoms with van der Waals surface area (Å²) in [6.07, 6.45) is 10.9. The van der Waals surface area contributed by atoms with Crippen molar-refractivity contribution in [3.05, 3.63) is 77.7 Å². The molecule has 2 atom stereocenters. The Balaban J connectivity index is 1.58. The molecule has 1 fully saturated rings. The molecule has 0 saturated heterocycles. The number of nitrogens with zero attached hydrogens (tertiary/aromatic N) is 2. The van der Waals surface area contributed by atoms with Gasteiger partial charge >= 0.3 is 5.97 Å². The van der Waals surface area contributed by atoms with E-state index in [1.54, 1.807) is 6.07 Å². The van der Waals surface area contributed by atoms with Crippen molar-refractivity contribution in [2.75, 3.05) is 0 Å². The zero-order valence-electron chi connectivity index (χ0n) is 16.5. The Morgan fingerprint density at radius 2 is 1.83 bits per heavy atom. The minimum atomic E-state index is -0.823. The molecule has 2 aromatic carbocycles. The highest BCUT2D eigenvalue weighted by Gasteiger charge is 2.35. The molecule has 2 heterocycles. The third-order valence-electron chi connectivity index (χ3n) is 6.88. The molecule has 4 heteroatoms. The van der Waals surface area contributed by atoms with Crippen LogP contribution in [0.3, 0.4) is 0 Å². The lowest BCUT2D eigenvalue weighted by atomic mass is 9.72. The number of fused-ring (bicyclic) bond motifs is 3. The van der Waals surface area contributed by atoms with Gasteiger partial charge in [0, 0.05) is 5.56 Å². The predicted molar refractivity (Wildman–Crippen MR) is 113 cm³/mol. The molecule has 1 aliphatic heterocycles. The molecule has 0 bridgehead atoms. The Hall–Kier alpha value is -2.88. The van der Waals surface area contributed by atoms with Crippen molar-refractivity contribution in [2.45, 2.75) is 50.5 Å². The van der Waals surface area contributed by atoms with Crippen molar-refractivity contribution >= 4 is 5.97 Å². The smallest absolute Gasteiger partial charge is 0.335 e. The number of carboxylic acid groups (broad SMARTS) is 1. The molecule has 1 saturated carbocycles. The summed E-state index contributed by atoms with van der Waals surface area (Å²) in [5.74, 6) is -0.0606. The second-order valence-electron chi connectivity index (χ2n) is 8.42. The molecular formula is C25H26N2O2. The van der Waals surface area contributed by atoms with E-state index in [4.69, 9.17) is 0 Å². The Morgan fingerprint density at radius 1 is 1.07 bits per heavy atom. The quantitative estimate of drug-likeness (QED) is 0.593. The summed E-state index contributed by atoms with van der Waals surface area (Å²) in [6.45, 7) is 0. The van der Waals surface area contributed by atoms with Crippen molar-refractivity contribution in [3.63, 3.8) is 0 Å². The van der Waals surface area contributed by atoms with Crippen molar-refractivity contribution in [3.8, 4) is 11.3 Å². The summed E-state index contributed by atoms with van der Waals surface area (Å²) in [7, 11) is 0. The van der Waals surface area contributed by atoms with Crippen LogP contribution in [-0.4, -0.2) is 20.6 Å². The van der Waals surface area contributed by atoms with E-state index in [9.17, 15) is 9.90 Å². The number of aromatic carboxylic acids is 1. The highest BCUT2D eigenvalue weighted by Crippen LogP contribution is 2.48. The highest BCUT2D eigenvalue weighted by atomic mass is 16.4. The molecule has 2 unspecified atom stereocenters. The first-order valence-corrected chi connectivity index (χ1v) is 10.7. The third kappa shape index (κ3) is 3.17. The van der Waals surface area contributed by atoms with Crippen LogP contribution < -0.4 is 0 Å². The number of carbonyl (C=O) groups is 1. The van der Waals surface area contributed by atoms with Crippen LogP contribution in [0.1, 0.15) is 72.0 Å². The van der Waals surface area contributed by atoms with Gasteiger partial charge in [0.05, 0.1) is 29.8 Å². The van der Waals surface area contributed by atoms with Gasteiger partial charge in [0.2, 0.25) is 0 Å². The molecule has 148 valence electrons. The van der Waals surface area contributed by atoms with Gasteiger partial charge in [-0.3, -0.25) is 0 Å². The number of aromatic nitrogens is 2. The lowest BCUT2D eigenvalue weighted by Crippen LogP contribution is -2.22. The molecule has 0 amide bonds. The molecule has 2 aliphatic rings. The van der Waals surface area contributed by atoms with E-state index in [0.29, 0.717) is 11.5 Å². The summed E-state index contributed by atoms with van der Waals surface area (Å²) in [4.78, 5) is 16.4. The second kappa shape index (κ2) is 7.51. The number of carboxylic acids is 1. The average Bonchev–Trinajstić information content (AvgIpc) is 3.34. The Morgan fingerprint density at radius 3 is 2.66 bits per heavy atom. The summed E-state index contributed by atoms with van der Waals surface area (Å²) in [5.41, 5.74) is 5.21. The summed E-state index contributed by atoms with van der Waals surface area (Å²) in [5, 5.41) is 9.84. The van der Waals surface area contributed by atoms with Crippen LogP contribution >= 0.6 is 0 Å². The summed E-state index contributed by atoms with van der Waals surface area (Å²) in [6, 6.07) is 16.4. The minimum absolute atomic E-state index is 0.206. The standard InChI is InChI=1S/C25H26N2O2/c28-25(29)21-13-7-4-10-18(21)22(17-8-2-1-3-9-17)14-23-19-11-5-6-12-20(19)24-15-26-16-27(23)24/h4-7,10-13,15-17,22-23H,1-3,8-9,14H2,(H,28,29). The molecule has 3 aromatic rings. The van der Waals surface area contributed by atoms with Gasteiger partial charge in [-0.2, -0.15) is 0 Å². The zero-order valence-corrected chi connectivity index (χ0v) is 16.5. The van der Waals surface area contributed by atoms with E-state index in [1.807, 2.05) is 30.7 Å². The molecule has 1 N–H and O–H groups in total. The van der Waals surface area contributed by atoms with E-state index in [-0.39, 0.29) is 12.0 Å². The van der Waals surface area contributed by atoms with Crippen LogP contribution in [0.2, 0.25) is 0 Å². The Kier molecular flexibility index (Phi) is 4.70. The van der Waals surface area contributed by atoms with Gasteiger partial charge < -0.3 is 9.67 Å². The van der Waals surface area contributed by atoms with E-state index in [0.717, 1.165) is 12.0 Å². The van der Waals surface area contributed by atoms with Crippen molar-refractivity contribution in [1.82, 2.24) is 9.55 Å². The second-order valence-corrected chi connectivity index (χ2v) is 8.42. The number of rotatable bonds is 5. The first kappa shape index (κ1) is 18.2. The fraction of sp³-hybridized carbons (Fsp3) is 0.360. The zero-order chi connectivity index (χ0) is 19.8. The molecule has 5 rings (SSSR count). The van der Waals surface area contributed by atoms with Crippen LogP contribution in [-0.2, 0) is 0 Å². The van der Waals surface area contributed by atoms with Crippen LogP contribution in [0.5, 0.6) is 0 Å². The monoisotopic (exact) mass is 386 g/mol. The number of imidazole rings is 1. The van der Waals surface area contributed by atoms with E-state index < -0.39 is 5.97 Å². The van der Waals surface area contributed by atoms with Gasteiger partial charge in [-0.05, 0) is 48.3 Å². The molecule has 4 nitrogen and oxygen atoms in total. The van der Waals surface area contributed by atoms with E-state index >= 15 is 0 Å². The van der Waals surface area contributed by atoms with Gasteiger partial charge in [-0.25, -0.2) is 9.78 Å². The maximum Gasteiger partial charge on any atom is 0.335 e. The van der Waals surface area contributed by atoms with Crippen LogP contribution in [0.4, 0.5) is 0 Å². The van der Waals surface area contributed by atoms with Gasteiger partial charge in [-0.15, -0.1) is 0 Å². The number of hydrogen-bond donors (Lipinski definition) is 1. The third-order valence-corrected chi connectivity index (χ3v) is 6.88. The largest absolute Gasteiger partial charge is 0.478 e. The summed E-state index contributed by atoms with van der Waals surface area (Å²) >= 11 is 0. The summed E-state index contributed by atoms with van der Waals surface area (Å²) < 4.78 is 2.28. The van der Waals surface area contributed by atoms with Gasteiger partial charge in [0.15, 0.2) is 0 Å². The molecule has 0 spiro atoms. The highest BCUT2D eigenvalue weighted by molar-refractivity contribution is 5.89. The van der Waals surface area contributed by atoms with Gasteiger partial charge in [0.25, 0.3) is 0 Å². The normalized spacial score (nSPS) is 19.5. The first-order chi connectivity index (χ1) is 14.2. The molecule has 1 aromatic heterocycles. The van der Waals surface area contributed by atoms with E-state index in [2.05, 4.69) is 33.8 Å². The minimum Gasteiger partial charge on any atom is -0.478 e. The molecule has 1 aliphatic carbocycles. The average molecular weight is 386 g/mol. The fourth-order valence-electron chi connectivity index (χ4n) is 5.54. The van der Waals surface area contributed by atoms with E-state index in [1.165, 1.54) is 48.9 Å². The maximum absolute atomic E-state index is 12.0. The Labute approximate surface area is 171 Å². The van der Waals surface area contributed by atoms with Crippen molar-refractivity contribution in [1.29, 1.82) is 0 Å². The SMILES string of the molecule is O=C(O)c1ccccc1C(CC1c2ccccc2-c2cncn21)C1CCCCC1.